The minimum Gasteiger partial charge on any atom is -0.233 e. The Kier molecular flexibility index (Phi) is 3.64. The summed E-state index contributed by atoms with van der Waals surface area (Å²) in [7, 11) is 0. The normalized spacial score (nSPS) is 11.2. The van der Waals surface area contributed by atoms with Gasteiger partial charge in [-0.3, -0.25) is 0 Å². The fourth-order valence-electron chi connectivity index (χ4n) is 2.17. The molecule has 0 fully saturated rings. The molecule has 0 unspecified atom stereocenters. The highest BCUT2D eigenvalue weighted by Gasteiger charge is 2.11. The highest BCUT2D eigenvalue weighted by Crippen LogP contribution is 2.28. The van der Waals surface area contributed by atoms with E-state index >= 15 is 0 Å². The number of halogens is 2. The molecule has 0 atom stereocenters. The van der Waals surface area contributed by atoms with Crippen molar-refractivity contribution in [2.45, 2.75) is 19.8 Å². The zero-order chi connectivity index (χ0) is 14.1. The Bertz CT molecular complexity index is 765. The second-order valence-electron chi connectivity index (χ2n) is 4.60. The number of fused-ring (bicyclic) bond motifs is 1. The van der Waals surface area contributed by atoms with Gasteiger partial charge in [0.15, 0.2) is 5.65 Å². The maximum absolute atomic E-state index is 6.27. The molecule has 0 saturated carbocycles. The summed E-state index contributed by atoms with van der Waals surface area (Å²) in [6.45, 7) is 2.12. The van der Waals surface area contributed by atoms with Crippen LogP contribution >= 0.6 is 23.2 Å². The van der Waals surface area contributed by atoms with Gasteiger partial charge in [-0.2, -0.15) is 5.10 Å². The van der Waals surface area contributed by atoms with E-state index in [0.29, 0.717) is 10.2 Å². The molecule has 5 heteroatoms. The Morgan fingerprint density at radius 2 is 1.95 bits per heavy atom. The van der Waals surface area contributed by atoms with Crippen LogP contribution in [0.4, 0.5) is 0 Å². The first-order valence-electron chi connectivity index (χ1n) is 6.49. The molecule has 0 radical (unpaired) electrons. The van der Waals surface area contributed by atoms with E-state index in [0.717, 1.165) is 35.4 Å². The average molecular weight is 306 g/mol. The van der Waals surface area contributed by atoms with Gasteiger partial charge in [0.05, 0.1) is 10.7 Å². The summed E-state index contributed by atoms with van der Waals surface area (Å²) >= 11 is 12.5. The van der Waals surface area contributed by atoms with Gasteiger partial charge in [-0.1, -0.05) is 54.7 Å². The second kappa shape index (κ2) is 5.43. The first-order chi connectivity index (χ1) is 9.69. The van der Waals surface area contributed by atoms with Gasteiger partial charge in [0.25, 0.3) is 0 Å². The second-order valence-corrected chi connectivity index (χ2v) is 5.39. The SMILES string of the molecule is CCCc1cc(Cl)n2nc(-c3ccccc3Cl)cc2n1. The van der Waals surface area contributed by atoms with E-state index in [-0.39, 0.29) is 0 Å². The van der Waals surface area contributed by atoms with Gasteiger partial charge in [-0.05, 0) is 18.6 Å². The summed E-state index contributed by atoms with van der Waals surface area (Å²) in [5.41, 5.74) is 3.39. The van der Waals surface area contributed by atoms with Gasteiger partial charge >= 0.3 is 0 Å². The maximum Gasteiger partial charge on any atom is 0.157 e. The van der Waals surface area contributed by atoms with E-state index in [9.17, 15) is 0 Å². The highest BCUT2D eigenvalue weighted by molar-refractivity contribution is 6.33. The lowest BCUT2D eigenvalue weighted by molar-refractivity contribution is 0.859. The predicted octanol–water partition coefficient (Wildman–Crippen LogP) is 4.66. The molecule has 3 nitrogen and oxygen atoms in total. The summed E-state index contributed by atoms with van der Waals surface area (Å²) in [4.78, 5) is 4.57. The third-order valence-electron chi connectivity index (χ3n) is 3.09. The highest BCUT2D eigenvalue weighted by atomic mass is 35.5. The number of hydrogen-bond donors (Lipinski definition) is 0. The van der Waals surface area contributed by atoms with Gasteiger partial charge in [0.1, 0.15) is 5.15 Å². The molecule has 0 saturated heterocycles. The molecule has 102 valence electrons. The van der Waals surface area contributed by atoms with Gasteiger partial charge < -0.3 is 0 Å². The molecule has 0 aliphatic heterocycles. The van der Waals surface area contributed by atoms with E-state index in [1.165, 1.54) is 0 Å². The molecule has 0 N–H and O–H groups in total. The minimum absolute atomic E-state index is 0.566. The van der Waals surface area contributed by atoms with Crippen molar-refractivity contribution in [2.24, 2.45) is 0 Å². The Hall–Kier alpha value is -1.58. The lowest BCUT2D eigenvalue weighted by atomic mass is 10.1. The van der Waals surface area contributed by atoms with Crippen LogP contribution in [0.1, 0.15) is 19.0 Å². The number of rotatable bonds is 3. The first kappa shape index (κ1) is 13.4. The van der Waals surface area contributed by atoms with Gasteiger partial charge in [0.2, 0.25) is 0 Å². The van der Waals surface area contributed by atoms with Gasteiger partial charge in [-0.25, -0.2) is 9.50 Å². The van der Waals surface area contributed by atoms with E-state index in [2.05, 4.69) is 17.0 Å². The Balaban J connectivity index is 2.16. The van der Waals surface area contributed by atoms with Gasteiger partial charge in [-0.15, -0.1) is 0 Å². The average Bonchev–Trinajstić information content (AvgIpc) is 2.84. The van der Waals surface area contributed by atoms with Crippen LogP contribution in [0.25, 0.3) is 16.9 Å². The molecule has 2 heterocycles. The molecule has 0 bridgehead atoms. The quantitative estimate of drug-likeness (QED) is 0.659. The summed E-state index contributed by atoms with van der Waals surface area (Å²) in [5, 5.41) is 5.72. The minimum atomic E-state index is 0.566. The topological polar surface area (TPSA) is 30.2 Å². The fraction of sp³-hybridized carbons (Fsp3) is 0.200. The van der Waals surface area contributed by atoms with E-state index < -0.39 is 0 Å². The van der Waals surface area contributed by atoms with E-state index in [4.69, 9.17) is 23.2 Å². The van der Waals surface area contributed by atoms with Crippen molar-refractivity contribution in [2.75, 3.05) is 0 Å². The fourth-order valence-corrected chi connectivity index (χ4v) is 2.65. The van der Waals surface area contributed by atoms with Crippen molar-refractivity contribution in [1.82, 2.24) is 14.6 Å². The predicted molar refractivity (Wildman–Crippen MR) is 82.4 cm³/mol. The summed E-state index contributed by atoms with van der Waals surface area (Å²) in [6.07, 6.45) is 1.94. The third kappa shape index (κ3) is 2.39. The molecule has 0 aliphatic carbocycles. The lowest BCUT2D eigenvalue weighted by Crippen LogP contribution is -1.97. The molecule has 1 aromatic carbocycles. The molecule has 3 rings (SSSR count). The largest absolute Gasteiger partial charge is 0.233 e. The van der Waals surface area contributed by atoms with Crippen molar-refractivity contribution in [3.63, 3.8) is 0 Å². The Morgan fingerprint density at radius 1 is 1.15 bits per heavy atom. The molecule has 3 aromatic rings. The van der Waals surface area contributed by atoms with Crippen LogP contribution in [0.3, 0.4) is 0 Å². The van der Waals surface area contributed by atoms with Crippen molar-refractivity contribution in [1.29, 1.82) is 0 Å². The summed E-state index contributed by atoms with van der Waals surface area (Å²) in [6, 6.07) is 11.4. The Morgan fingerprint density at radius 3 is 2.70 bits per heavy atom. The van der Waals surface area contributed by atoms with Crippen molar-refractivity contribution in [3.05, 3.63) is 52.3 Å². The molecular weight excluding hydrogens is 293 g/mol. The first-order valence-corrected chi connectivity index (χ1v) is 7.24. The smallest absolute Gasteiger partial charge is 0.157 e. The standard InChI is InChI=1S/C15H13Cl2N3/c1-2-5-10-8-14(17)20-15(18-10)9-13(19-20)11-6-3-4-7-12(11)16/h3-4,6-9H,2,5H2,1H3. The molecule has 0 amide bonds. The Labute approximate surface area is 127 Å². The number of aryl methyl sites for hydroxylation is 1. The van der Waals surface area contributed by atoms with Crippen molar-refractivity contribution in [3.8, 4) is 11.3 Å². The van der Waals surface area contributed by atoms with Crippen LogP contribution in [-0.4, -0.2) is 14.6 Å². The van der Waals surface area contributed by atoms with Gasteiger partial charge in [0, 0.05) is 17.3 Å². The number of hydrogen-bond acceptors (Lipinski definition) is 2. The zero-order valence-corrected chi connectivity index (χ0v) is 12.5. The molecule has 2 aromatic heterocycles. The molecular formula is C15H13Cl2N3. The summed E-state index contributed by atoms with van der Waals surface area (Å²) < 4.78 is 1.64. The van der Waals surface area contributed by atoms with Crippen LogP contribution in [0.5, 0.6) is 0 Å². The maximum atomic E-state index is 6.27. The van der Waals surface area contributed by atoms with E-state index in [1.807, 2.05) is 36.4 Å². The van der Waals surface area contributed by atoms with Crippen LogP contribution in [-0.2, 0) is 6.42 Å². The number of nitrogens with zero attached hydrogens (tertiary/aromatic N) is 3. The van der Waals surface area contributed by atoms with Crippen LogP contribution in [0.15, 0.2) is 36.4 Å². The lowest BCUT2D eigenvalue weighted by Gasteiger charge is -2.01. The number of benzene rings is 1. The number of aromatic nitrogens is 3. The van der Waals surface area contributed by atoms with E-state index in [1.54, 1.807) is 4.52 Å². The van der Waals surface area contributed by atoms with Crippen LogP contribution in [0.2, 0.25) is 10.2 Å². The zero-order valence-electron chi connectivity index (χ0n) is 11.0. The van der Waals surface area contributed by atoms with Crippen LogP contribution in [0, 0.1) is 0 Å². The van der Waals surface area contributed by atoms with Crippen LogP contribution < -0.4 is 0 Å². The van der Waals surface area contributed by atoms with Crippen molar-refractivity contribution < 1.29 is 0 Å². The molecule has 20 heavy (non-hydrogen) atoms. The third-order valence-corrected chi connectivity index (χ3v) is 3.69. The molecule has 0 spiro atoms. The summed E-state index contributed by atoms with van der Waals surface area (Å²) in [5.74, 6) is 0. The van der Waals surface area contributed by atoms with Crippen molar-refractivity contribution >= 4 is 28.8 Å². The molecule has 0 aliphatic rings. The monoisotopic (exact) mass is 305 g/mol.